The zero-order valence-electron chi connectivity index (χ0n) is 16.0. The Kier molecular flexibility index (Phi) is 4.53. The Hall–Kier alpha value is -0.590. The first-order chi connectivity index (χ1) is 10.9. The zero-order valence-corrected chi connectivity index (χ0v) is 16.0. The predicted molar refractivity (Wildman–Crippen MR) is 97.2 cm³/mol. The lowest BCUT2D eigenvalue weighted by molar-refractivity contribution is -0.124. The molecular weight excluding hydrogens is 280 g/mol. The van der Waals surface area contributed by atoms with E-state index in [4.69, 9.17) is 0 Å². The third-order valence-corrected chi connectivity index (χ3v) is 8.20. The molecule has 0 aromatic heterocycles. The molecule has 6 atom stereocenters. The van der Waals surface area contributed by atoms with Crippen molar-refractivity contribution >= 4 is 5.78 Å². The van der Waals surface area contributed by atoms with Gasteiger partial charge in [-0.25, -0.2) is 0 Å². The molecule has 0 aromatic rings. The summed E-state index contributed by atoms with van der Waals surface area (Å²) in [4.78, 5) is 12.2. The molecule has 0 radical (unpaired) electrons. The Morgan fingerprint density at radius 1 is 1.17 bits per heavy atom. The molecule has 6 unspecified atom stereocenters. The van der Waals surface area contributed by atoms with Crippen molar-refractivity contribution in [2.75, 3.05) is 0 Å². The summed E-state index contributed by atoms with van der Waals surface area (Å²) in [7, 11) is 0. The molecule has 1 nitrogen and oxygen atoms in total. The van der Waals surface area contributed by atoms with Crippen LogP contribution in [0.25, 0.3) is 0 Å². The quantitative estimate of drug-likeness (QED) is 0.566. The van der Waals surface area contributed by atoms with Crippen LogP contribution >= 0.6 is 0 Å². The summed E-state index contributed by atoms with van der Waals surface area (Å²) in [6.45, 7) is 11.5. The van der Waals surface area contributed by atoms with E-state index in [1.165, 1.54) is 38.5 Å². The standard InChI is InChI=1S/C22H36O/c1-6-13-21(4)16(7-2)8-9-17-19-11-10-18(15(3)23)22(19,5)14-12-20(17)21/h12,16-19H,6-11,13-14H2,1-5H3. The van der Waals surface area contributed by atoms with Crippen molar-refractivity contribution in [2.24, 2.45) is 34.5 Å². The van der Waals surface area contributed by atoms with Gasteiger partial charge in [0.2, 0.25) is 0 Å². The minimum absolute atomic E-state index is 0.242. The maximum atomic E-state index is 12.2. The normalized spacial score (nSPS) is 46.0. The molecule has 0 N–H and O–H groups in total. The van der Waals surface area contributed by atoms with Gasteiger partial charge in [-0.1, -0.05) is 52.2 Å². The van der Waals surface area contributed by atoms with Gasteiger partial charge in [-0.15, -0.1) is 0 Å². The van der Waals surface area contributed by atoms with Crippen LogP contribution in [0.15, 0.2) is 11.6 Å². The van der Waals surface area contributed by atoms with E-state index in [9.17, 15) is 4.79 Å². The molecular formula is C22H36O. The van der Waals surface area contributed by atoms with Crippen molar-refractivity contribution in [2.45, 2.75) is 86.0 Å². The van der Waals surface area contributed by atoms with E-state index in [1.54, 1.807) is 5.57 Å². The molecule has 0 aliphatic heterocycles. The summed E-state index contributed by atoms with van der Waals surface area (Å²) in [5, 5.41) is 0. The van der Waals surface area contributed by atoms with Crippen molar-refractivity contribution < 1.29 is 4.79 Å². The molecule has 0 amide bonds. The van der Waals surface area contributed by atoms with Gasteiger partial charge in [0, 0.05) is 5.92 Å². The molecule has 0 spiro atoms. The maximum Gasteiger partial charge on any atom is 0.133 e. The number of hydrogen-bond acceptors (Lipinski definition) is 1. The fourth-order valence-corrected chi connectivity index (χ4v) is 7.05. The average Bonchev–Trinajstić information content (AvgIpc) is 2.85. The van der Waals surface area contributed by atoms with Crippen LogP contribution in [0.3, 0.4) is 0 Å². The van der Waals surface area contributed by atoms with Crippen LogP contribution in [0.1, 0.15) is 86.0 Å². The third kappa shape index (κ3) is 2.45. The third-order valence-electron chi connectivity index (χ3n) is 8.20. The lowest BCUT2D eigenvalue weighted by Gasteiger charge is -2.54. The lowest BCUT2D eigenvalue weighted by Crippen LogP contribution is -2.46. The first-order valence-corrected chi connectivity index (χ1v) is 10.1. The van der Waals surface area contributed by atoms with E-state index >= 15 is 0 Å². The molecule has 130 valence electrons. The summed E-state index contributed by atoms with van der Waals surface area (Å²) in [5.74, 6) is 3.12. The summed E-state index contributed by atoms with van der Waals surface area (Å²) < 4.78 is 0. The summed E-state index contributed by atoms with van der Waals surface area (Å²) in [6.07, 6.45) is 12.9. The van der Waals surface area contributed by atoms with Gasteiger partial charge in [0.25, 0.3) is 0 Å². The van der Waals surface area contributed by atoms with Crippen LogP contribution in [0.5, 0.6) is 0 Å². The predicted octanol–water partition coefficient (Wildman–Crippen LogP) is 6.18. The smallest absolute Gasteiger partial charge is 0.133 e. The summed E-state index contributed by atoms with van der Waals surface area (Å²) >= 11 is 0. The SMILES string of the molecule is CCCC1(C)C2=CCC3(C)C(C(C)=O)CCC3C2CCC1CC. The number of fused-ring (bicyclic) bond motifs is 3. The second-order valence-electron chi connectivity index (χ2n) is 9.17. The zero-order chi connectivity index (χ0) is 16.8. The second-order valence-corrected chi connectivity index (χ2v) is 9.17. The molecule has 0 heterocycles. The Balaban J connectivity index is 1.97. The van der Waals surface area contributed by atoms with Gasteiger partial charge in [-0.2, -0.15) is 0 Å². The molecule has 0 bridgehead atoms. The second kappa shape index (κ2) is 6.05. The highest BCUT2D eigenvalue weighted by Gasteiger charge is 2.56. The average molecular weight is 317 g/mol. The number of rotatable bonds is 4. The number of ketones is 1. The number of hydrogen-bond donors (Lipinski definition) is 0. The van der Waals surface area contributed by atoms with Gasteiger partial charge in [0.05, 0.1) is 0 Å². The molecule has 2 fully saturated rings. The molecule has 23 heavy (non-hydrogen) atoms. The molecule has 0 saturated heterocycles. The van der Waals surface area contributed by atoms with Gasteiger partial charge >= 0.3 is 0 Å². The van der Waals surface area contributed by atoms with Gasteiger partial charge in [0.1, 0.15) is 5.78 Å². The van der Waals surface area contributed by atoms with Crippen molar-refractivity contribution in [3.05, 3.63) is 11.6 Å². The van der Waals surface area contributed by atoms with Gasteiger partial charge in [0.15, 0.2) is 0 Å². The number of Topliss-reactive ketones (excluding diaryl/α,β-unsaturated/α-hetero) is 1. The topological polar surface area (TPSA) is 17.1 Å². The van der Waals surface area contributed by atoms with Gasteiger partial charge < -0.3 is 0 Å². The molecule has 2 saturated carbocycles. The van der Waals surface area contributed by atoms with Crippen molar-refractivity contribution in [3.63, 3.8) is 0 Å². The Morgan fingerprint density at radius 3 is 2.52 bits per heavy atom. The van der Waals surface area contributed by atoms with Crippen LogP contribution in [0, 0.1) is 34.5 Å². The highest BCUT2D eigenvalue weighted by molar-refractivity contribution is 5.79. The summed E-state index contributed by atoms with van der Waals surface area (Å²) in [6, 6.07) is 0. The highest BCUT2D eigenvalue weighted by Crippen LogP contribution is 2.64. The first kappa shape index (κ1) is 17.2. The van der Waals surface area contributed by atoms with Crippen LogP contribution < -0.4 is 0 Å². The lowest BCUT2D eigenvalue weighted by atomic mass is 9.50. The van der Waals surface area contributed by atoms with Crippen LogP contribution in [0.2, 0.25) is 0 Å². The van der Waals surface area contributed by atoms with E-state index in [0.29, 0.717) is 17.1 Å². The van der Waals surface area contributed by atoms with Crippen molar-refractivity contribution in [3.8, 4) is 0 Å². The van der Waals surface area contributed by atoms with Gasteiger partial charge in [-0.05, 0) is 74.0 Å². The minimum Gasteiger partial charge on any atom is -0.300 e. The Labute approximate surface area is 143 Å². The summed E-state index contributed by atoms with van der Waals surface area (Å²) in [5.41, 5.74) is 2.46. The fraction of sp³-hybridized carbons (Fsp3) is 0.864. The first-order valence-electron chi connectivity index (χ1n) is 10.1. The number of carbonyl (C=O) groups is 1. The van der Waals surface area contributed by atoms with E-state index in [2.05, 4.69) is 33.8 Å². The largest absolute Gasteiger partial charge is 0.300 e. The van der Waals surface area contributed by atoms with E-state index in [-0.39, 0.29) is 5.41 Å². The molecule has 3 rings (SSSR count). The van der Waals surface area contributed by atoms with Crippen molar-refractivity contribution in [1.29, 1.82) is 0 Å². The van der Waals surface area contributed by atoms with E-state index in [0.717, 1.165) is 30.6 Å². The maximum absolute atomic E-state index is 12.2. The number of carbonyl (C=O) groups excluding carboxylic acids is 1. The van der Waals surface area contributed by atoms with E-state index < -0.39 is 0 Å². The van der Waals surface area contributed by atoms with E-state index in [1.807, 2.05) is 6.92 Å². The van der Waals surface area contributed by atoms with Crippen molar-refractivity contribution in [1.82, 2.24) is 0 Å². The minimum atomic E-state index is 0.242. The Bertz CT molecular complexity index is 504. The van der Waals surface area contributed by atoms with Crippen LogP contribution in [-0.2, 0) is 4.79 Å². The van der Waals surface area contributed by atoms with Crippen LogP contribution in [0.4, 0.5) is 0 Å². The number of allylic oxidation sites excluding steroid dienone is 2. The Morgan fingerprint density at radius 2 is 1.91 bits per heavy atom. The highest BCUT2D eigenvalue weighted by atomic mass is 16.1. The van der Waals surface area contributed by atoms with Gasteiger partial charge in [-0.3, -0.25) is 4.79 Å². The molecule has 1 heteroatoms. The monoisotopic (exact) mass is 316 g/mol. The fourth-order valence-electron chi connectivity index (χ4n) is 7.05. The molecule has 0 aromatic carbocycles. The van der Waals surface area contributed by atoms with Crippen LogP contribution in [-0.4, -0.2) is 5.78 Å². The molecule has 3 aliphatic rings. The molecule has 3 aliphatic carbocycles.